The summed E-state index contributed by atoms with van der Waals surface area (Å²) in [6.45, 7) is 0. The quantitative estimate of drug-likeness (QED) is 0.861. The van der Waals surface area contributed by atoms with E-state index in [2.05, 4.69) is 9.97 Å². The van der Waals surface area contributed by atoms with Gasteiger partial charge in [0.05, 0.1) is 6.33 Å². The van der Waals surface area contributed by atoms with Gasteiger partial charge >= 0.3 is 0 Å². The van der Waals surface area contributed by atoms with E-state index in [0.717, 1.165) is 19.3 Å². The number of aromatic nitrogens is 2. The van der Waals surface area contributed by atoms with Gasteiger partial charge in [0, 0.05) is 11.9 Å². The second kappa shape index (κ2) is 4.80. The van der Waals surface area contributed by atoms with Crippen LogP contribution in [-0.2, 0) is 12.8 Å². The first kappa shape index (κ1) is 12.0. The van der Waals surface area contributed by atoms with Crippen molar-refractivity contribution >= 4 is 12.4 Å². The molecule has 0 fully saturated rings. The summed E-state index contributed by atoms with van der Waals surface area (Å²) in [6.07, 6.45) is 6.86. The van der Waals surface area contributed by atoms with E-state index in [9.17, 15) is 5.11 Å². The molecule has 2 N–H and O–H groups in total. The summed E-state index contributed by atoms with van der Waals surface area (Å²) in [5.41, 5.74) is 3.85. The second-order valence-electron chi connectivity index (χ2n) is 4.40. The molecule has 0 saturated carbocycles. The van der Waals surface area contributed by atoms with Crippen molar-refractivity contribution in [3.8, 4) is 5.75 Å². The average Bonchev–Trinajstić information content (AvgIpc) is 2.90. The van der Waals surface area contributed by atoms with E-state index >= 15 is 0 Å². The lowest BCUT2D eigenvalue weighted by molar-refractivity contribution is 0.474. The molecule has 0 spiro atoms. The van der Waals surface area contributed by atoms with Gasteiger partial charge in [0.1, 0.15) is 5.75 Å². The Labute approximate surface area is 106 Å². The Balaban J connectivity index is 0.00000108. The van der Waals surface area contributed by atoms with E-state index in [-0.39, 0.29) is 12.4 Å². The molecule has 17 heavy (non-hydrogen) atoms. The second-order valence-corrected chi connectivity index (χ2v) is 4.40. The number of rotatable bonds is 2. The van der Waals surface area contributed by atoms with Gasteiger partial charge in [-0.25, -0.2) is 4.98 Å². The number of halogens is 1. The van der Waals surface area contributed by atoms with E-state index < -0.39 is 0 Å². The van der Waals surface area contributed by atoms with Gasteiger partial charge in [-0.05, 0) is 48.4 Å². The highest BCUT2D eigenvalue weighted by Gasteiger charge is 2.23. The van der Waals surface area contributed by atoms with E-state index in [1.165, 1.54) is 16.8 Å². The molecule has 90 valence electrons. The number of imidazole rings is 1. The smallest absolute Gasteiger partial charge is 0.115 e. The van der Waals surface area contributed by atoms with E-state index in [1.54, 1.807) is 12.4 Å². The van der Waals surface area contributed by atoms with Gasteiger partial charge < -0.3 is 10.1 Å². The van der Waals surface area contributed by atoms with Crippen LogP contribution >= 0.6 is 12.4 Å². The van der Waals surface area contributed by atoms with E-state index in [1.807, 2.05) is 18.3 Å². The van der Waals surface area contributed by atoms with Crippen LogP contribution in [0.1, 0.15) is 29.2 Å². The van der Waals surface area contributed by atoms with Crippen LogP contribution in [0.25, 0.3) is 0 Å². The summed E-state index contributed by atoms with van der Waals surface area (Å²) in [5, 5.41) is 9.52. The molecule has 4 heteroatoms. The van der Waals surface area contributed by atoms with E-state index in [4.69, 9.17) is 0 Å². The number of fused-ring (bicyclic) bond motifs is 1. The van der Waals surface area contributed by atoms with Crippen molar-refractivity contribution in [2.45, 2.75) is 25.2 Å². The highest BCUT2D eigenvalue weighted by atomic mass is 35.5. The maximum Gasteiger partial charge on any atom is 0.115 e. The van der Waals surface area contributed by atoms with Gasteiger partial charge in [-0.3, -0.25) is 0 Å². The summed E-state index contributed by atoms with van der Waals surface area (Å²) in [7, 11) is 0. The summed E-state index contributed by atoms with van der Waals surface area (Å²) >= 11 is 0. The fourth-order valence-electron chi connectivity index (χ4n) is 2.55. The molecule has 3 nitrogen and oxygen atoms in total. The topological polar surface area (TPSA) is 48.9 Å². The van der Waals surface area contributed by atoms with Crippen LogP contribution in [0.4, 0.5) is 0 Å². The molecule has 0 bridgehead atoms. The number of nitrogens with zero attached hydrogens (tertiary/aromatic N) is 1. The Morgan fingerprint density at radius 2 is 2.29 bits per heavy atom. The number of phenolic OH excluding ortho intramolecular Hbond substituents is 1. The zero-order valence-electron chi connectivity index (χ0n) is 9.39. The molecule has 1 aliphatic carbocycles. The lowest BCUT2D eigenvalue weighted by Crippen LogP contribution is -1.98. The number of H-pyrrole nitrogens is 1. The van der Waals surface area contributed by atoms with Gasteiger partial charge in [-0.15, -0.1) is 12.4 Å². The Bertz CT molecular complexity index is 496. The third-order valence-corrected chi connectivity index (χ3v) is 3.35. The highest BCUT2D eigenvalue weighted by molar-refractivity contribution is 5.85. The summed E-state index contributed by atoms with van der Waals surface area (Å²) < 4.78 is 0. The van der Waals surface area contributed by atoms with Gasteiger partial charge in [-0.1, -0.05) is 6.07 Å². The minimum Gasteiger partial charge on any atom is -0.508 e. The number of aromatic amines is 1. The Morgan fingerprint density at radius 3 is 3.06 bits per heavy atom. The highest BCUT2D eigenvalue weighted by Crippen LogP contribution is 2.36. The summed E-state index contributed by atoms with van der Waals surface area (Å²) in [6, 6.07) is 5.72. The van der Waals surface area contributed by atoms with Crippen LogP contribution in [0.15, 0.2) is 30.7 Å². The van der Waals surface area contributed by atoms with Gasteiger partial charge in [0.2, 0.25) is 0 Å². The molecule has 1 heterocycles. The molecule has 1 atom stereocenters. The molecule has 0 radical (unpaired) electrons. The predicted octanol–water partition coefficient (Wildman–Crippen LogP) is 2.81. The Morgan fingerprint density at radius 1 is 1.41 bits per heavy atom. The number of aromatic hydroxyl groups is 1. The average molecular weight is 251 g/mol. The monoisotopic (exact) mass is 250 g/mol. The molecule has 1 aliphatic rings. The van der Waals surface area contributed by atoms with Crippen LogP contribution < -0.4 is 0 Å². The third-order valence-electron chi connectivity index (χ3n) is 3.35. The van der Waals surface area contributed by atoms with Crippen LogP contribution in [0.5, 0.6) is 5.75 Å². The molecule has 2 aromatic rings. The molecule has 0 aliphatic heterocycles. The van der Waals surface area contributed by atoms with Crippen LogP contribution in [0, 0.1) is 0 Å². The van der Waals surface area contributed by atoms with Crippen molar-refractivity contribution in [1.82, 2.24) is 9.97 Å². The molecule has 0 unspecified atom stereocenters. The largest absolute Gasteiger partial charge is 0.508 e. The fraction of sp³-hybridized carbons (Fsp3) is 0.308. The maximum atomic E-state index is 9.52. The number of benzene rings is 1. The number of phenols is 1. The van der Waals surface area contributed by atoms with Gasteiger partial charge in [0.15, 0.2) is 0 Å². The SMILES string of the molecule is Cl.Oc1ccc2c(c1)[C@H](Cc1cnc[nH]1)CC2. The molecule has 0 saturated heterocycles. The number of aryl methyl sites for hydroxylation is 1. The molecular formula is C13H15ClN2O. The summed E-state index contributed by atoms with van der Waals surface area (Å²) in [5.74, 6) is 0.887. The zero-order valence-corrected chi connectivity index (χ0v) is 10.2. The van der Waals surface area contributed by atoms with Crippen molar-refractivity contribution in [3.63, 3.8) is 0 Å². The Hall–Kier alpha value is -1.48. The molecule has 3 rings (SSSR count). The van der Waals surface area contributed by atoms with Crippen molar-refractivity contribution in [2.24, 2.45) is 0 Å². The van der Waals surface area contributed by atoms with Crippen molar-refractivity contribution in [3.05, 3.63) is 47.5 Å². The molecular weight excluding hydrogens is 236 g/mol. The standard InChI is InChI=1S/C13H14N2O.ClH/c16-12-4-3-9-1-2-10(13(9)6-12)5-11-7-14-8-15-11;/h3-4,6-8,10,16H,1-2,5H2,(H,14,15);1H/t10-;/m0./s1. The zero-order chi connectivity index (χ0) is 11.0. The first-order valence-corrected chi connectivity index (χ1v) is 5.62. The number of nitrogens with one attached hydrogen (secondary N) is 1. The van der Waals surface area contributed by atoms with E-state index in [0.29, 0.717) is 11.7 Å². The lowest BCUT2D eigenvalue weighted by Gasteiger charge is -2.10. The first-order valence-electron chi connectivity index (χ1n) is 5.62. The van der Waals surface area contributed by atoms with Crippen LogP contribution in [0.2, 0.25) is 0 Å². The third kappa shape index (κ3) is 2.29. The molecule has 0 amide bonds. The number of hydrogen-bond acceptors (Lipinski definition) is 2. The minimum atomic E-state index is 0. The van der Waals surface area contributed by atoms with Gasteiger partial charge in [-0.2, -0.15) is 0 Å². The predicted molar refractivity (Wildman–Crippen MR) is 68.7 cm³/mol. The minimum absolute atomic E-state index is 0. The lowest BCUT2D eigenvalue weighted by atomic mass is 9.96. The molecule has 1 aromatic heterocycles. The number of hydrogen-bond donors (Lipinski definition) is 2. The summed E-state index contributed by atoms with van der Waals surface area (Å²) in [4.78, 5) is 7.17. The first-order chi connectivity index (χ1) is 7.83. The maximum absolute atomic E-state index is 9.52. The Kier molecular flexibility index (Phi) is 3.38. The van der Waals surface area contributed by atoms with Crippen molar-refractivity contribution < 1.29 is 5.11 Å². The molecule has 1 aromatic carbocycles. The van der Waals surface area contributed by atoms with Crippen molar-refractivity contribution in [2.75, 3.05) is 0 Å². The van der Waals surface area contributed by atoms with Crippen molar-refractivity contribution in [1.29, 1.82) is 0 Å². The fourth-order valence-corrected chi connectivity index (χ4v) is 2.55. The van der Waals surface area contributed by atoms with Crippen LogP contribution in [-0.4, -0.2) is 15.1 Å². The van der Waals surface area contributed by atoms with Crippen LogP contribution in [0.3, 0.4) is 0 Å². The normalized spacial score (nSPS) is 17.5. The van der Waals surface area contributed by atoms with Gasteiger partial charge in [0.25, 0.3) is 0 Å².